The number of anilines is 1. The van der Waals surface area contributed by atoms with Gasteiger partial charge < -0.3 is 16.0 Å². The first kappa shape index (κ1) is 18.8. The lowest BCUT2D eigenvalue weighted by Crippen LogP contribution is -2.39. The Hall–Kier alpha value is -1.57. The molecule has 0 aliphatic rings. The van der Waals surface area contributed by atoms with Crippen molar-refractivity contribution in [3.05, 3.63) is 37.9 Å². The predicted molar refractivity (Wildman–Crippen MR) is 103 cm³/mol. The first-order chi connectivity index (χ1) is 11.5. The van der Waals surface area contributed by atoms with E-state index in [1.807, 2.05) is 13.8 Å². The van der Waals surface area contributed by atoms with Crippen LogP contribution in [0.5, 0.6) is 0 Å². The predicted octanol–water partition coefficient (Wildman–Crippen LogP) is 3.24. The Morgan fingerprint density at radius 1 is 1.25 bits per heavy atom. The number of hydrogen-bond acceptors (Lipinski definition) is 5. The second-order valence-electron chi connectivity index (χ2n) is 5.00. The van der Waals surface area contributed by atoms with Crippen LogP contribution >= 0.6 is 34.5 Å². The second kappa shape index (κ2) is 9.05. The van der Waals surface area contributed by atoms with Crippen LogP contribution in [0, 0.1) is 13.8 Å². The molecule has 0 unspecified atom stereocenters. The molecule has 9 heteroatoms. The number of nitrogens with zero attached hydrogens (tertiary/aromatic N) is 3. The summed E-state index contributed by atoms with van der Waals surface area (Å²) in [6, 6.07) is 1.66. The summed E-state index contributed by atoms with van der Waals surface area (Å²) in [7, 11) is 1.74. The number of aromatic nitrogens is 2. The van der Waals surface area contributed by atoms with E-state index in [0.717, 1.165) is 16.7 Å². The zero-order chi connectivity index (χ0) is 17.5. The molecule has 24 heavy (non-hydrogen) atoms. The largest absolute Gasteiger partial charge is 0.367 e. The molecule has 2 rings (SSSR count). The molecule has 0 bridgehead atoms. The molecular weight excluding hydrogens is 367 g/mol. The summed E-state index contributed by atoms with van der Waals surface area (Å²) < 4.78 is 0. The molecule has 2 aromatic heterocycles. The van der Waals surface area contributed by atoms with Gasteiger partial charge in [-0.3, -0.25) is 4.99 Å². The maximum absolute atomic E-state index is 6.06. The number of rotatable bonds is 6. The third-order valence-corrected chi connectivity index (χ3v) is 4.72. The molecule has 0 aromatic carbocycles. The SMILES string of the molecule is CN=C(NCCNc1ncc(Cl)cc1Cl)NCc1sc(C)nc1C. The number of guanidine groups is 1. The second-order valence-corrected chi connectivity index (χ2v) is 7.14. The summed E-state index contributed by atoms with van der Waals surface area (Å²) in [5.74, 6) is 1.35. The van der Waals surface area contributed by atoms with Crippen LogP contribution in [0.3, 0.4) is 0 Å². The average molecular weight is 387 g/mol. The highest BCUT2D eigenvalue weighted by atomic mass is 35.5. The van der Waals surface area contributed by atoms with Gasteiger partial charge >= 0.3 is 0 Å². The first-order valence-electron chi connectivity index (χ1n) is 7.42. The van der Waals surface area contributed by atoms with E-state index in [1.165, 1.54) is 4.88 Å². The van der Waals surface area contributed by atoms with Gasteiger partial charge in [-0.1, -0.05) is 23.2 Å². The topological polar surface area (TPSA) is 74.2 Å². The smallest absolute Gasteiger partial charge is 0.191 e. The van der Waals surface area contributed by atoms with E-state index < -0.39 is 0 Å². The van der Waals surface area contributed by atoms with E-state index in [4.69, 9.17) is 23.2 Å². The fourth-order valence-corrected chi connectivity index (χ4v) is 3.35. The molecule has 0 fully saturated rings. The van der Waals surface area contributed by atoms with Gasteiger partial charge in [-0.15, -0.1) is 11.3 Å². The number of halogens is 2. The number of nitrogens with one attached hydrogen (secondary N) is 3. The van der Waals surface area contributed by atoms with Crippen LogP contribution in [-0.2, 0) is 6.54 Å². The first-order valence-corrected chi connectivity index (χ1v) is 8.99. The third kappa shape index (κ3) is 5.51. The summed E-state index contributed by atoms with van der Waals surface area (Å²) >= 11 is 13.6. The van der Waals surface area contributed by atoms with E-state index in [-0.39, 0.29) is 0 Å². The highest BCUT2D eigenvalue weighted by molar-refractivity contribution is 7.11. The van der Waals surface area contributed by atoms with Crippen molar-refractivity contribution in [1.29, 1.82) is 0 Å². The zero-order valence-corrected chi connectivity index (χ0v) is 16.1. The number of hydrogen-bond donors (Lipinski definition) is 3. The van der Waals surface area contributed by atoms with Gasteiger partial charge in [0.1, 0.15) is 5.82 Å². The molecule has 0 spiro atoms. The van der Waals surface area contributed by atoms with Gasteiger partial charge in [0.25, 0.3) is 0 Å². The van der Waals surface area contributed by atoms with Gasteiger partial charge in [0.15, 0.2) is 5.96 Å². The number of thiazole rings is 1. The van der Waals surface area contributed by atoms with Crippen LogP contribution in [0.1, 0.15) is 15.6 Å². The standard InChI is InChI=1S/C15H20Cl2N6S/c1-9-13(24-10(2)23-9)8-22-15(18-3)20-5-4-19-14-12(17)6-11(16)7-21-14/h6-7H,4-5,8H2,1-3H3,(H,19,21)(H2,18,20,22). The van der Waals surface area contributed by atoms with Crippen molar-refractivity contribution in [1.82, 2.24) is 20.6 Å². The molecule has 6 nitrogen and oxygen atoms in total. The minimum absolute atomic E-state index is 0.501. The zero-order valence-electron chi connectivity index (χ0n) is 13.8. The Labute approximate surface area is 155 Å². The van der Waals surface area contributed by atoms with Crippen LogP contribution in [0.2, 0.25) is 10.0 Å². The molecule has 0 saturated heterocycles. The molecular formula is C15H20Cl2N6S. The fourth-order valence-electron chi connectivity index (χ4n) is 2.03. The molecule has 2 aromatic rings. The van der Waals surface area contributed by atoms with Crippen LogP contribution < -0.4 is 16.0 Å². The van der Waals surface area contributed by atoms with Crippen molar-refractivity contribution >= 4 is 46.3 Å². The molecule has 0 saturated carbocycles. The molecule has 0 atom stereocenters. The highest BCUT2D eigenvalue weighted by Gasteiger charge is 2.06. The molecule has 0 aliphatic heterocycles. The summed E-state index contributed by atoms with van der Waals surface area (Å²) in [5, 5.41) is 11.8. The molecule has 0 amide bonds. The summed E-state index contributed by atoms with van der Waals surface area (Å²) in [4.78, 5) is 14.0. The van der Waals surface area contributed by atoms with E-state index in [0.29, 0.717) is 35.5 Å². The van der Waals surface area contributed by atoms with Gasteiger partial charge in [0.05, 0.1) is 27.3 Å². The normalized spacial score (nSPS) is 11.5. The third-order valence-electron chi connectivity index (χ3n) is 3.16. The maximum atomic E-state index is 6.06. The minimum Gasteiger partial charge on any atom is -0.367 e. The van der Waals surface area contributed by atoms with Crippen molar-refractivity contribution < 1.29 is 0 Å². The van der Waals surface area contributed by atoms with Gasteiger partial charge in [0, 0.05) is 31.2 Å². The van der Waals surface area contributed by atoms with Gasteiger partial charge in [-0.25, -0.2) is 9.97 Å². The fraction of sp³-hybridized carbons (Fsp3) is 0.400. The lowest BCUT2D eigenvalue weighted by atomic mass is 10.4. The van der Waals surface area contributed by atoms with Gasteiger partial charge in [-0.2, -0.15) is 0 Å². The Kier molecular flexibility index (Phi) is 7.08. The molecule has 2 heterocycles. The van der Waals surface area contributed by atoms with Crippen molar-refractivity contribution in [2.75, 3.05) is 25.5 Å². The van der Waals surface area contributed by atoms with Crippen LogP contribution in [0.25, 0.3) is 0 Å². The molecule has 0 radical (unpaired) electrons. The van der Waals surface area contributed by atoms with Crippen LogP contribution in [0.15, 0.2) is 17.3 Å². The minimum atomic E-state index is 0.501. The summed E-state index contributed by atoms with van der Waals surface area (Å²) in [6.45, 7) is 6.04. The van der Waals surface area contributed by atoms with Crippen molar-refractivity contribution in [2.45, 2.75) is 20.4 Å². The Balaban J connectivity index is 1.74. The van der Waals surface area contributed by atoms with Gasteiger partial charge in [0.2, 0.25) is 0 Å². The summed E-state index contributed by atoms with van der Waals surface area (Å²) in [6.07, 6.45) is 1.56. The van der Waals surface area contributed by atoms with E-state index >= 15 is 0 Å². The number of aryl methyl sites for hydroxylation is 2. The molecule has 130 valence electrons. The van der Waals surface area contributed by atoms with Crippen molar-refractivity contribution in [3.63, 3.8) is 0 Å². The summed E-state index contributed by atoms with van der Waals surface area (Å²) in [5.41, 5.74) is 1.06. The average Bonchev–Trinajstić information content (AvgIpc) is 2.86. The Morgan fingerprint density at radius 2 is 2.04 bits per heavy atom. The quantitative estimate of drug-likeness (QED) is 0.403. The molecule has 3 N–H and O–H groups in total. The van der Waals surface area contributed by atoms with E-state index in [2.05, 4.69) is 30.9 Å². The van der Waals surface area contributed by atoms with Crippen molar-refractivity contribution in [2.24, 2.45) is 4.99 Å². The van der Waals surface area contributed by atoms with E-state index in [1.54, 1.807) is 30.6 Å². The lowest BCUT2D eigenvalue weighted by Gasteiger charge is -2.12. The lowest BCUT2D eigenvalue weighted by molar-refractivity contribution is 0.814. The van der Waals surface area contributed by atoms with Gasteiger partial charge in [-0.05, 0) is 19.9 Å². The number of aliphatic imine (C=N–C) groups is 1. The monoisotopic (exact) mass is 386 g/mol. The highest BCUT2D eigenvalue weighted by Crippen LogP contribution is 2.22. The maximum Gasteiger partial charge on any atom is 0.191 e. The van der Waals surface area contributed by atoms with Crippen LogP contribution in [-0.4, -0.2) is 36.1 Å². The Bertz CT molecular complexity index is 716. The van der Waals surface area contributed by atoms with E-state index in [9.17, 15) is 0 Å². The van der Waals surface area contributed by atoms with Crippen LogP contribution in [0.4, 0.5) is 5.82 Å². The number of pyridine rings is 1. The van der Waals surface area contributed by atoms with Crippen molar-refractivity contribution in [3.8, 4) is 0 Å². The molecule has 0 aliphatic carbocycles. The Morgan fingerprint density at radius 3 is 2.67 bits per heavy atom.